The van der Waals surface area contributed by atoms with Crippen LogP contribution in [0.3, 0.4) is 0 Å². The van der Waals surface area contributed by atoms with E-state index in [1.807, 2.05) is 0 Å². The largest absolute Gasteiger partial charge is 0.493 e. The summed E-state index contributed by atoms with van der Waals surface area (Å²) in [6.45, 7) is 0. The Kier molecular flexibility index (Phi) is 6.66. The van der Waals surface area contributed by atoms with E-state index in [0.717, 1.165) is 0 Å². The Labute approximate surface area is 180 Å². The molecule has 1 amide bonds. The van der Waals surface area contributed by atoms with E-state index in [2.05, 4.69) is 10.0 Å². The number of carbonyl (C=O) groups excluding carboxylic acids is 1. The van der Waals surface area contributed by atoms with Crippen LogP contribution in [0.15, 0.2) is 71.6 Å². The second-order valence-corrected chi connectivity index (χ2v) is 8.02. The molecule has 9 heteroatoms. The molecule has 0 saturated carbocycles. The van der Waals surface area contributed by atoms with Crippen molar-refractivity contribution >= 4 is 27.3 Å². The highest BCUT2D eigenvalue weighted by molar-refractivity contribution is 7.92. The van der Waals surface area contributed by atoms with Crippen LogP contribution >= 0.6 is 0 Å². The van der Waals surface area contributed by atoms with Gasteiger partial charge in [-0.25, -0.2) is 8.42 Å². The maximum atomic E-state index is 12.9. The number of rotatable bonds is 8. The SMILES string of the molecule is COc1ccc(C(=O)Nc2cccc(NS(=O)(=O)c3ccccc3)c2)c(OC)c1OC. The van der Waals surface area contributed by atoms with E-state index in [4.69, 9.17) is 14.2 Å². The smallest absolute Gasteiger partial charge is 0.261 e. The number of hydrogen-bond acceptors (Lipinski definition) is 6. The van der Waals surface area contributed by atoms with Crippen LogP contribution in [0, 0.1) is 0 Å². The number of nitrogens with one attached hydrogen (secondary N) is 2. The van der Waals surface area contributed by atoms with Crippen LogP contribution in [0.1, 0.15) is 10.4 Å². The van der Waals surface area contributed by atoms with Crippen LogP contribution in [-0.4, -0.2) is 35.7 Å². The number of sulfonamides is 1. The molecule has 0 radical (unpaired) electrons. The fraction of sp³-hybridized carbons (Fsp3) is 0.136. The number of methoxy groups -OCH3 is 3. The summed E-state index contributed by atoms with van der Waals surface area (Å²) in [5, 5.41) is 2.74. The maximum Gasteiger partial charge on any atom is 0.261 e. The van der Waals surface area contributed by atoms with Crippen molar-refractivity contribution in [1.82, 2.24) is 0 Å². The fourth-order valence-corrected chi connectivity index (χ4v) is 4.02. The molecule has 31 heavy (non-hydrogen) atoms. The van der Waals surface area contributed by atoms with E-state index >= 15 is 0 Å². The monoisotopic (exact) mass is 442 g/mol. The number of benzene rings is 3. The number of anilines is 2. The van der Waals surface area contributed by atoms with E-state index in [1.165, 1.54) is 39.5 Å². The van der Waals surface area contributed by atoms with Gasteiger partial charge in [-0.15, -0.1) is 0 Å². The lowest BCUT2D eigenvalue weighted by Crippen LogP contribution is -2.15. The molecule has 0 heterocycles. The van der Waals surface area contributed by atoms with Crippen LogP contribution in [0.4, 0.5) is 11.4 Å². The molecule has 2 N–H and O–H groups in total. The molecule has 3 aromatic carbocycles. The summed E-state index contributed by atoms with van der Waals surface area (Å²) < 4.78 is 43.5. The summed E-state index contributed by atoms with van der Waals surface area (Å²) in [6, 6.07) is 17.5. The Morgan fingerprint density at radius 2 is 1.45 bits per heavy atom. The molecule has 0 fully saturated rings. The minimum Gasteiger partial charge on any atom is -0.493 e. The lowest BCUT2D eigenvalue weighted by atomic mass is 10.1. The van der Waals surface area contributed by atoms with Crippen molar-refractivity contribution in [2.75, 3.05) is 31.4 Å². The third-order valence-electron chi connectivity index (χ3n) is 4.37. The van der Waals surface area contributed by atoms with Crippen LogP contribution < -0.4 is 24.2 Å². The first-order valence-corrected chi connectivity index (χ1v) is 10.7. The van der Waals surface area contributed by atoms with E-state index in [-0.39, 0.29) is 16.2 Å². The van der Waals surface area contributed by atoms with Gasteiger partial charge >= 0.3 is 0 Å². The Hall–Kier alpha value is -3.72. The van der Waals surface area contributed by atoms with E-state index < -0.39 is 15.9 Å². The van der Waals surface area contributed by atoms with Crippen molar-refractivity contribution in [2.24, 2.45) is 0 Å². The average Bonchev–Trinajstić information content (AvgIpc) is 2.78. The van der Waals surface area contributed by atoms with Crippen molar-refractivity contribution < 1.29 is 27.4 Å². The zero-order valence-corrected chi connectivity index (χ0v) is 18.0. The van der Waals surface area contributed by atoms with Crippen molar-refractivity contribution in [2.45, 2.75) is 4.90 Å². The van der Waals surface area contributed by atoms with Gasteiger partial charge in [-0.2, -0.15) is 0 Å². The highest BCUT2D eigenvalue weighted by atomic mass is 32.2. The Morgan fingerprint density at radius 1 is 0.774 bits per heavy atom. The Balaban J connectivity index is 1.84. The Morgan fingerprint density at radius 3 is 2.10 bits per heavy atom. The van der Waals surface area contributed by atoms with Gasteiger partial charge in [0.1, 0.15) is 0 Å². The van der Waals surface area contributed by atoms with Crippen molar-refractivity contribution in [3.8, 4) is 17.2 Å². The van der Waals surface area contributed by atoms with Crippen molar-refractivity contribution in [3.63, 3.8) is 0 Å². The summed E-state index contributed by atoms with van der Waals surface area (Å²) in [4.78, 5) is 13.0. The minimum atomic E-state index is -3.75. The van der Waals surface area contributed by atoms with Gasteiger partial charge in [-0.1, -0.05) is 24.3 Å². The maximum absolute atomic E-state index is 12.9. The molecule has 0 aliphatic heterocycles. The summed E-state index contributed by atoms with van der Waals surface area (Å²) in [5.74, 6) is 0.483. The predicted molar refractivity (Wildman–Crippen MR) is 118 cm³/mol. The lowest BCUT2D eigenvalue weighted by molar-refractivity contribution is 0.102. The number of hydrogen-bond donors (Lipinski definition) is 2. The molecule has 0 spiro atoms. The molecule has 0 aromatic heterocycles. The molecule has 3 rings (SSSR count). The molecule has 8 nitrogen and oxygen atoms in total. The second-order valence-electron chi connectivity index (χ2n) is 6.34. The van der Waals surface area contributed by atoms with Gasteiger partial charge in [0, 0.05) is 5.69 Å². The van der Waals surface area contributed by atoms with Crippen molar-refractivity contribution in [3.05, 3.63) is 72.3 Å². The standard InChI is InChI=1S/C22H22N2O6S/c1-28-19-13-12-18(20(29-2)21(19)30-3)22(25)23-15-8-7-9-16(14-15)24-31(26,27)17-10-5-4-6-11-17/h4-14,24H,1-3H3,(H,23,25). The molecule has 0 aliphatic rings. The van der Waals surface area contributed by atoms with Gasteiger partial charge in [-0.3, -0.25) is 9.52 Å². The van der Waals surface area contributed by atoms with Crippen LogP contribution in [0.2, 0.25) is 0 Å². The summed E-state index contributed by atoms with van der Waals surface area (Å²) in [7, 11) is 0.606. The molecule has 0 unspecified atom stereocenters. The number of ether oxygens (including phenoxy) is 3. The fourth-order valence-electron chi connectivity index (χ4n) is 2.95. The topological polar surface area (TPSA) is 103 Å². The molecule has 3 aromatic rings. The average molecular weight is 442 g/mol. The van der Waals surface area contributed by atoms with Gasteiger partial charge < -0.3 is 19.5 Å². The normalized spacial score (nSPS) is 10.8. The first-order valence-electron chi connectivity index (χ1n) is 9.18. The van der Waals surface area contributed by atoms with Gasteiger partial charge in [0.25, 0.3) is 15.9 Å². The molecule has 0 saturated heterocycles. The van der Waals surface area contributed by atoms with Crippen LogP contribution in [-0.2, 0) is 10.0 Å². The van der Waals surface area contributed by atoms with E-state index in [1.54, 1.807) is 48.5 Å². The minimum absolute atomic E-state index is 0.138. The van der Waals surface area contributed by atoms with Crippen LogP contribution in [0.5, 0.6) is 17.2 Å². The predicted octanol–water partition coefficient (Wildman–Crippen LogP) is 3.77. The summed E-state index contributed by atoms with van der Waals surface area (Å²) in [5.41, 5.74) is 0.937. The van der Waals surface area contributed by atoms with Crippen molar-refractivity contribution in [1.29, 1.82) is 0 Å². The highest BCUT2D eigenvalue weighted by Crippen LogP contribution is 2.40. The van der Waals surface area contributed by atoms with Gasteiger partial charge in [0.2, 0.25) is 5.75 Å². The molecular weight excluding hydrogens is 420 g/mol. The molecular formula is C22H22N2O6S. The first-order chi connectivity index (χ1) is 14.9. The van der Waals surface area contributed by atoms with E-state index in [0.29, 0.717) is 22.9 Å². The van der Waals surface area contributed by atoms with Gasteiger partial charge in [0.05, 0.1) is 37.5 Å². The highest BCUT2D eigenvalue weighted by Gasteiger charge is 2.21. The van der Waals surface area contributed by atoms with Gasteiger partial charge in [-0.05, 0) is 42.5 Å². The van der Waals surface area contributed by atoms with Crippen LogP contribution in [0.25, 0.3) is 0 Å². The van der Waals surface area contributed by atoms with E-state index in [9.17, 15) is 13.2 Å². The molecule has 0 aliphatic carbocycles. The second kappa shape index (κ2) is 9.40. The molecule has 162 valence electrons. The zero-order valence-electron chi connectivity index (χ0n) is 17.2. The first kappa shape index (κ1) is 22.0. The number of amides is 1. The number of carbonyl (C=O) groups is 1. The quantitative estimate of drug-likeness (QED) is 0.551. The molecule has 0 atom stereocenters. The van der Waals surface area contributed by atoms with Gasteiger partial charge in [0.15, 0.2) is 11.5 Å². The zero-order chi connectivity index (χ0) is 22.4. The summed E-state index contributed by atoms with van der Waals surface area (Å²) >= 11 is 0. The Bertz CT molecular complexity index is 1180. The third-order valence-corrected chi connectivity index (χ3v) is 5.77. The third kappa shape index (κ3) is 4.89. The molecule has 0 bridgehead atoms. The lowest BCUT2D eigenvalue weighted by Gasteiger charge is -2.16. The summed E-state index contributed by atoms with van der Waals surface area (Å²) in [6.07, 6.45) is 0.